The maximum atomic E-state index is 12.4. The summed E-state index contributed by atoms with van der Waals surface area (Å²) in [5.74, 6) is 0.521. The summed E-state index contributed by atoms with van der Waals surface area (Å²) >= 11 is 0. The lowest BCUT2D eigenvalue weighted by Crippen LogP contribution is -2.51. The standard InChI is InChI=1S/C20H37N5O4/c1-20(2,3)29-19(27)25-12-15(16(13-25)28-6)23-18(21-11-17(26)24(4)5)22-14-9-7-8-10-14/h14-16H,7-13H2,1-6H3,(H2,21,22,23)/t15?,16-/m0/s1. The minimum absolute atomic E-state index is 0.0647. The van der Waals surface area contributed by atoms with Gasteiger partial charge in [-0.05, 0) is 33.6 Å². The topological polar surface area (TPSA) is 95.5 Å². The lowest BCUT2D eigenvalue weighted by atomic mass is 10.2. The zero-order valence-corrected chi connectivity index (χ0v) is 18.7. The van der Waals surface area contributed by atoms with Crippen LogP contribution in [0.4, 0.5) is 4.79 Å². The average molecular weight is 412 g/mol. The number of amides is 2. The van der Waals surface area contributed by atoms with Gasteiger partial charge in [-0.15, -0.1) is 0 Å². The van der Waals surface area contributed by atoms with Crippen molar-refractivity contribution in [3.8, 4) is 0 Å². The molecular weight excluding hydrogens is 374 g/mol. The first kappa shape index (κ1) is 23.3. The third-order valence-corrected chi connectivity index (χ3v) is 5.11. The smallest absolute Gasteiger partial charge is 0.410 e. The van der Waals surface area contributed by atoms with Gasteiger partial charge in [-0.25, -0.2) is 9.79 Å². The molecular formula is C20H37N5O4. The van der Waals surface area contributed by atoms with E-state index < -0.39 is 5.60 Å². The molecule has 1 saturated carbocycles. The summed E-state index contributed by atoms with van der Waals surface area (Å²) in [6, 6.07) is 0.203. The highest BCUT2D eigenvalue weighted by molar-refractivity contribution is 5.85. The van der Waals surface area contributed by atoms with E-state index in [-0.39, 0.29) is 30.7 Å². The van der Waals surface area contributed by atoms with Gasteiger partial charge in [0.15, 0.2) is 5.96 Å². The van der Waals surface area contributed by atoms with E-state index in [0.29, 0.717) is 25.1 Å². The number of carbonyl (C=O) groups excluding carboxylic acids is 2. The summed E-state index contributed by atoms with van der Waals surface area (Å²) in [6.07, 6.45) is 4.02. The van der Waals surface area contributed by atoms with E-state index in [4.69, 9.17) is 9.47 Å². The molecule has 0 spiro atoms. The third kappa shape index (κ3) is 7.38. The number of aliphatic imine (C=N–C) groups is 1. The molecule has 2 amide bonds. The van der Waals surface area contributed by atoms with Crippen molar-refractivity contribution in [2.45, 2.75) is 70.2 Å². The summed E-state index contributed by atoms with van der Waals surface area (Å²) in [7, 11) is 5.06. The van der Waals surface area contributed by atoms with Crippen LogP contribution in [-0.2, 0) is 14.3 Å². The summed E-state index contributed by atoms with van der Waals surface area (Å²) in [6.45, 7) is 6.50. The van der Waals surface area contributed by atoms with Crippen molar-refractivity contribution in [2.75, 3.05) is 40.8 Å². The van der Waals surface area contributed by atoms with E-state index in [2.05, 4.69) is 15.6 Å². The average Bonchev–Trinajstić information content (AvgIpc) is 3.27. The number of ether oxygens (including phenoxy) is 2. The van der Waals surface area contributed by atoms with Gasteiger partial charge in [0, 0.05) is 33.8 Å². The zero-order valence-electron chi connectivity index (χ0n) is 18.7. The molecule has 1 heterocycles. The van der Waals surface area contributed by atoms with Gasteiger partial charge in [0.25, 0.3) is 0 Å². The monoisotopic (exact) mass is 411 g/mol. The number of hydrogen-bond acceptors (Lipinski definition) is 5. The minimum Gasteiger partial charge on any atom is -0.444 e. The predicted octanol–water partition coefficient (Wildman–Crippen LogP) is 1.19. The van der Waals surface area contributed by atoms with Crippen LogP contribution < -0.4 is 10.6 Å². The molecule has 2 aliphatic rings. The van der Waals surface area contributed by atoms with Crippen molar-refractivity contribution >= 4 is 18.0 Å². The Balaban J connectivity index is 2.05. The maximum Gasteiger partial charge on any atom is 0.410 e. The van der Waals surface area contributed by atoms with Gasteiger partial charge >= 0.3 is 6.09 Å². The van der Waals surface area contributed by atoms with Crippen LogP contribution in [0.1, 0.15) is 46.5 Å². The number of nitrogens with zero attached hydrogens (tertiary/aromatic N) is 3. The largest absolute Gasteiger partial charge is 0.444 e. The lowest BCUT2D eigenvalue weighted by molar-refractivity contribution is -0.127. The Labute approximate surface area is 174 Å². The Morgan fingerprint density at radius 1 is 1.14 bits per heavy atom. The van der Waals surface area contributed by atoms with Crippen LogP contribution in [0, 0.1) is 0 Å². The maximum absolute atomic E-state index is 12.4. The number of carbonyl (C=O) groups is 2. The molecule has 0 radical (unpaired) electrons. The first-order valence-electron chi connectivity index (χ1n) is 10.4. The van der Waals surface area contributed by atoms with Crippen LogP contribution in [0.3, 0.4) is 0 Å². The number of likely N-dealkylation sites (tertiary alicyclic amines) is 1. The Kier molecular flexibility index (Phi) is 8.13. The van der Waals surface area contributed by atoms with Gasteiger partial charge in [-0.2, -0.15) is 0 Å². The SMILES string of the molecule is CO[C@H]1CN(C(=O)OC(C)(C)C)CC1NC(=NCC(=O)N(C)C)NC1CCCC1. The fraction of sp³-hybridized carbons (Fsp3) is 0.850. The Bertz CT molecular complexity index is 596. The van der Waals surface area contributed by atoms with Crippen molar-refractivity contribution in [1.29, 1.82) is 0 Å². The molecule has 1 saturated heterocycles. The fourth-order valence-corrected chi connectivity index (χ4v) is 3.49. The molecule has 0 aromatic heterocycles. The molecule has 0 aromatic carbocycles. The molecule has 2 atom stereocenters. The number of methoxy groups -OCH3 is 1. The molecule has 1 unspecified atom stereocenters. The fourth-order valence-electron chi connectivity index (χ4n) is 3.49. The number of nitrogens with one attached hydrogen (secondary N) is 2. The molecule has 0 aromatic rings. The van der Waals surface area contributed by atoms with Crippen molar-refractivity contribution in [1.82, 2.24) is 20.4 Å². The number of rotatable bonds is 5. The van der Waals surface area contributed by atoms with Crippen LogP contribution in [-0.4, -0.2) is 92.4 Å². The summed E-state index contributed by atoms with van der Waals surface area (Å²) in [5, 5.41) is 6.82. The molecule has 2 fully saturated rings. The number of hydrogen-bond donors (Lipinski definition) is 2. The van der Waals surface area contributed by atoms with Crippen LogP contribution in [0.15, 0.2) is 4.99 Å². The molecule has 2 N–H and O–H groups in total. The van der Waals surface area contributed by atoms with Gasteiger partial charge in [-0.1, -0.05) is 12.8 Å². The second-order valence-corrected chi connectivity index (χ2v) is 8.99. The summed E-state index contributed by atoms with van der Waals surface area (Å²) in [4.78, 5) is 32.1. The van der Waals surface area contributed by atoms with Gasteiger partial charge in [-0.3, -0.25) is 4.79 Å². The van der Waals surface area contributed by atoms with Gasteiger partial charge < -0.3 is 29.9 Å². The van der Waals surface area contributed by atoms with Crippen molar-refractivity contribution in [3.05, 3.63) is 0 Å². The highest BCUT2D eigenvalue weighted by Gasteiger charge is 2.38. The Morgan fingerprint density at radius 3 is 2.34 bits per heavy atom. The number of guanidine groups is 1. The van der Waals surface area contributed by atoms with Crippen LogP contribution >= 0.6 is 0 Å². The van der Waals surface area contributed by atoms with E-state index >= 15 is 0 Å². The normalized spacial score (nSPS) is 23.2. The quantitative estimate of drug-likeness (QED) is 0.521. The van der Waals surface area contributed by atoms with Crippen molar-refractivity contribution in [2.24, 2.45) is 4.99 Å². The predicted molar refractivity (Wildman–Crippen MR) is 112 cm³/mol. The molecule has 9 heteroatoms. The number of likely N-dealkylation sites (N-methyl/N-ethyl adjacent to an activating group) is 1. The Morgan fingerprint density at radius 2 is 1.79 bits per heavy atom. The third-order valence-electron chi connectivity index (χ3n) is 5.11. The van der Waals surface area contributed by atoms with E-state index in [1.807, 2.05) is 20.8 Å². The summed E-state index contributed by atoms with van der Waals surface area (Å²) < 4.78 is 11.1. The Hall–Kier alpha value is -2.03. The first-order valence-corrected chi connectivity index (χ1v) is 10.4. The van der Waals surface area contributed by atoms with Crippen LogP contribution in [0.5, 0.6) is 0 Å². The molecule has 1 aliphatic heterocycles. The second-order valence-electron chi connectivity index (χ2n) is 8.99. The molecule has 0 bridgehead atoms. The van der Waals surface area contributed by atoms with E-state index in [1.165, 1.54) is 17.7 Å². The lowest BCUT2D eigenvalue weighted by Gasteiger charge is -2.25. The van der Waals surface area contributed by atoms with Gasteiger partial charge in [0.1, 0.15) is 12.1 Å². The van der Waals surface area contributed by atoms with Gasteiger partial charge in [0.2, 0.25) is 5.91 Å². The van der Waals surface area contributed by atoms with Crippen molar-refractivity contribution < 1.29 is 19.1 Å². The van der Waals surface area contributed by atoms with Crippen LogP contribution in [0.2, 0.25) is 0 Å². The first-order chi connectivity index (χ1) is 13.6. The van der Waals surface area contributed by atoms with E-state index in [9.17, 15) is 9.59 Å². The molecule has 166 valence electrons. The molecule has 9 nitrogen and oxygen atoms in total. The summed E-state index contributed by atoms with van der Waals surface area (Å²) in [5.41, 5.74) is -0.547. The highest BCUT2D eigenvalue weighted by atomic mass is 16.6. The minimum atomic E-state index is -0.547. The van der Waals surface area contributed by atoms with E-state index in [0.717, 1.165) is 12.8 Å². The van der Waals surface area contributed by atoms with E-state index in [1.54, 1.807) is 26.1 Å². The van der Waals surface area contributed by atoms with Crippen molar-refractivity contribution in [3.63, 3.8) is 0 Å². The molecule has 29 heavy (non-hydrogen) atoms. The highest BCUT2D eigenvalue weighted by Crippen LogP contribution is 2.19. The van der Waals surface area contributed by atoms with Gasteiger partial charge in [0.05, 0.1) is 18.7 Å². The molecule has 1 aliphatic carbocycles. The van der Waals surface area contributed by atoms with Crippen LogP contribution in [0.25, 0.3) is 0 Å². The molecule has 2 rings (SSSR count). The zero-order chi connectivity index (χ0) is 21.6. The second kappa shape index (κ2) is 10.1.